The second-order valence-corrected chi connectivity index (χ2v) is 3.10. The Kier molecular flexibility index (Phi) is 2.77. The molecule has 0 aliphatic rings. The molecular formula is C11H9N3O2. The SMILES string of the molecule is O=C(Nc1cccc(O)c1)c1cnccn1. The molecule has 0 saturated carbocycles. The molecule has 1 aromatic heterocycles. The van der Waals surface area contributed by atoms with E-state index >= 15 is 0 Å². The predicted molar refractivity (Wildman–Crippen MR) is 58.1 cm³/mol. The van der Waals surface area contributed by atoms with Crippen LogP contribution in [-0.4, -0.2) is 21.0 Å². The number of anilines is 1. The van der Waals surface area contributed by atoms with E-state index in [1.54, 1.807) is 12.1 Å². The molecule has 1 amide bonds. The average molecular weight is 215 g/mol. The Labute approximate surface area is 91.8 Å². The lowest BCUT2D eigenvalue weighted by Crippen LogP contribution is -2.13. The van der Waals surface area contributed by atoms with Crippen LogP contribution in [0.2, 0.25) is 0 Å². The number of phenols is 1. The molecule has 0 aliphatic heterocycles. The van der Waals surface area contributed by atoms with Crippen LogP contribution in [0, 0.1) is 0 Å². The summed E-state index contributed by atoms with van der Waals surface area (Å²) >= 11 is 0. The highest BCUT2D eigenvalue weighted by atomic mass is 16.3. The number of carbonyl (C=O) groups is 1. The first-order chi connectivity index (χ1) is 7.75. The molecule has 5 nitrogen and oxygen atoms in total. The number of phenolic OH excluding ortho intramolecular Hbond substituents is 1. The molecule has 1 heterocycles. The summed E-state index contributed by atoms with van der Waals surface area (Å²) in [5.74, 6) is -0.268. The molecule has 0 aliphatic carbocycles. The molecule has 0 radical (unpaired) electrons. The molecule has 2 N–H and O–H groups in total. The van der Waals surface area contributed by atoms with Crippen LogP contribution in [0.3, 0.4) is 0 Å². The fraction of sp³-hybridized carbons (Fsp3) is 0. The summed E-state index contributed by atoms with van der Waals surface area (Å²) in [4.78, 5) is 19.3. The number of aromatic hydroxyl groups is 1. The number of aromatic nitrogens is 2. The lowest BCUT2D eigenvalue weighted by Gasteiger charge is -2.04. The normalized spacial score (nSPS) is 9.75. The first kappa shape index (κ1) is 10.1. The van der Waals surface area contributed by atoms with Crippen molar-refractivity contribution in [1.29, 1.82) is 0 Å². The number of amides is 1. The third kappa shape index (κ3) is 2.33. The van der Waals surface area contributed by atoms with E-state index in [1.165, 1.54) is 30.7 Å². The van der Waals surface area contributed by atoms with E-state index < -0.39 is 0 Å². The number of hydrogen-bond acceptors (Lipinski definition) is 4. The zero-order valence-electron chi connectivity index (χ0n) is 8.29. The first-order valence-electron chi connectivity index (χ1n) is 4.62. The third-order valence-electron chi connectivity index (χ3n) is 1.90. The fourth-order valence-corrected chi connectivity index (χ4v) is 1.20. The average Bonchev–Trinajstić information content (AvgIpc) is 2.30. The van der Waals surface area contributed by atoms with Crippen molar-refractivity contribution in [2.75, 3.05) is 5.32 Å². The second-order valence-electron chi connectivity index (χ2n) is 3.10. The van der Waals surface area contributed by atoms with Crippen molar-refractivity contribution in [1.82, 2.24) is 9.97 Å². The molecule has 0 unspecified atom stereocenters. The number of nitrogens with zero attached hydrogens (tertiary/aromatic N) is 2. The quantitative estimate of drug-likeness (QED) is 0.794. The summed E-state index contributed by atoms with van der Waals surface area (Å²) in [6.07, 6.45) is 4.31. The number of nitrogens with one attached hydrogen (secondary N) is 1. The molecule has 1 aromatic carbocycles. The van der Waals surface area contributed by atoms with Crippen molar-refractivity contribution in [3.63, 3.8) is 0 Å². The van der Waals surface area contributed by atoms with E-state index in [0.717, 1.165) is 0 Å². The van der Waals surface area contributed by atoms with Gasteiger partial charge in [-0.15, -0.1) is 0 Å². The topological polar surface area (TPSA) is 75.1 Å². The van der Waals surface area contributed by atoms with Gasteiger partial charge in [0, 0.05) is 24.1 Å². The van der Waals surface area contributed by atoms with Gasteiger partial charge in [-0.1, -0.05) is 6.07 Å². The van der Waals surface area contributed by atoms with E-state index in [0.29, 0.717) is 5.69 Å². The van der Waals surface area contributed by atoms with Gasteiger partial charge in [0.05, 0.1) is 6.20 Å². The van der Waals surface area contributed by atoms with Crippen LogP contribution >= 0.6 is 0 Å². The molecule has 2 rings (SSSR count). The summed E-state index contributed by atoms with van der Waals surface area (Å²) in [5, 5.41) is 11.8. The number of hydrogen-bond donors (Lipinski definition) is 2. The fourth-order valence-electron chi connectivity index (χ4n) is 1.20. The van der Waals surface area contributed by atoms with Gasteiger partial charge in [0.25, 0.3) is 5.91 Å². The first-order valence-corrected chi connectivity index (χ1v) is 4.62. The minimum atomic E-state index is -0.362. The Balaban J connectivity index is 2.14. The predicted octanol–water partition coefficient (Wildman–Crippen LogP) is 1.43. The van der Waals surface area contributed by atoms with Crippen LogP contribution in [0.25, 0.3) is 0 Å². The van der Waals surface area contributed by atoms with Crippen LogP contribution in [0.15, 0.2) is 42.9 Å². The van der Waals surface area contributed by atoms with Crippen molar-refractivity contribution < 1.29 is 9.90 Å². The van der Waals surface area contributed by atoms with Crippen molar-refractivity contribution in [3.8, 4) is 5.75 Å². The zero-order chi connectivity index (χ0) is 11.4. The monoisotopic (exact) mass is 215 g/mol. The van der Waals surface area contributed by atoms with Gasteiger partial charge < -0.3 is 10.4 Å². The maximum Gasteiger partial charge on any atom is 0.275 e. The summed E-state index contributed by atoms with van der Waals surface area (Å²) in [5.41, 5.74) is 0.737. The van der Waals surface area contributed by atoms with Crippen molar-refractivity contribution in [3.05, 3.63) is 48.5 Å². The summed E-state index contributed by atoms with van der Waals surface area (Å²) in [6, 6.07) is 6.29. The van der Waals surface area contributed by atoms with E-state index in [9.17, 15) is 9.90 Å². The van der Waals surface area contributed by atoms with Gasteiger partial charge in [-0.3, -0.25) is 9.78 Å². The smallest absolute Gasteiger partial charge is 0.275 e. The highest BCUT2D eigenvalue weighted by molar-refractivity contribution is 6.02. The third-order valence-corrected chi connectivity index (χ3v) is 1.90. The van der Waals surface area contributed by atoms with Gasteiger partial charge >= 0.3 is 0 Å². The number of rotatable bonds is 2. The lowest BCUT2D eigenvalue weighted by molar-refractivity contribution is 0.102. The highest BCUT2D eigenvalue weighted by Gasteiger charge is 2.06. The zero-order valence-corrected chi connectivity index (χ0v) is 8.29. The Morgan fingerprint density at radius 2 is 2.19 bits per heavy atom. The largest absolute Gasteiger partial charge is 0.508 e. The van der Waals surface area contributed by atoms with Crippen molar-refractivity contribution in [2.45, 2.75) is 0 Å². The van der Waals surface area contributed by atoms with Gasteiger partial charge in [-0.05, 0) is 12.1 Å². The molecule has 5 heteroatoms. The van der Waals surface area contributed by atoms with Gasteiger partial charge in [-0.25, -0.2) is 4.98 Å². The molecule has 2 aromatic rings. The molecule has 0 bridgehead atoms. The molecule has 0 atom stereocenters. The van der Waals surface area contributed by atoms with Gasteiger partial charge in [0.2, 0.25) is 0 Å². The number of carbonyl (C=O) groups excluding carboxylic acids is 1. The van der Waals surface area contributed by atoms with E-state index in [2.05, 4.69) is 15.3 Å². The molecule has 0 saturated heterocycles. The van der Waals surface area contributed by atoms with E-state index in [4.69, 9.17) is 0 Å². The highest BCUT2D eigenvalue weighted by Crippen LogP contribution is 2.15. The van der Waals surface area contributed by atoms with Crippen molar-refractivity contribution >= 4 is 11.6 Å². The Morgan fingerprint density at radius 3 is 2.88 bits per heavy atom. The van der Waals surface area contributed by atoms with Gasteiger partial charge in [0.1, 0.15) is 11.4 Å². The van der Waals surface area contributed by atoms with Crippen LogP contribution in [0.5, 0.6) is 5.75 Å². The standard InChI is InChI=1S/C11H9N3O2/c15-9-3-1-2-8(6-9)14-11(16)10-7-12-4-5-13-10/h1-7,15H,(H,14,16). The van der Waals surface area contributed by atoms with Crippen molar-refractivity contribution in [2.24, 2.45) is 0 Å². The van der Waals surface area contributed by atoms with Gasteiger partial charge in [0.15, 0.2) is 0 Å². The maximum absolute atomic E-state index is 11.6. The summed E-state index contributed by atoms with van der Waals surface area (Å²) in [6.45, 7) is 0. The molecule has 16 heavy (non-hydrogen) atoms. The summed E-state index contributed by atoms with van der Waals surface area (Å²) in [7, 11) is 0. The Morgan fingerprint density at radius 1 is 1.31 bits per heavy atom. The van der Waals surface area contributed by atoms with Crippen LogP contribution in [0.1, 0.15) is 10.5 Å². The van der Waals surface area contributed by atoms with Crippen LogP contribution < -0.4 is 5.32 Å². The summed E-state index contributed by atoms with van der Waals surface area (Å²) < 4.78 is 0. The molecule has 80 valence electrons. The lowest BCUT2D eigenvalue weighted by atomic mass is 10.3. The van der Waals surface area contributed by atoms with Gasteiger partial charge in [-0.2, -0.15) is 0 Å². The van der Waals surface area contributed by atoms with E-state index in [-0.39, 0.29) is 17.4 Å². The maximum atomic E-state index is 11.6. The van der Waals surface area contributed by atoms with E-state index in [1.807, 2.05) is 0 Å². The minimum Gasteiger partial charge on any atom is -0.508 e. The Hall–Kier alpha value is -2.43. The second kappa shape index (κ2) is 4.39. The molecule has 0 fully saturated rings. The van der Waals surface area contributed by atoms with Crippen LogP contribution in [0.4, 0.5) is 5.69 Å². The molecule has 0 spiro atoms. The minimum absolute atomic E-state index is 0.0944. The van der Waals surface area contributed by atoms with Crippen LogP contribution in [-0.2, 0) is 0 Å². The molecular weight excluding hydrogens is 206 g/mol. The Bertz CT molecular complexity index is 500. The number of benzene rings is 1.